The van der Waals surface area contributed by atoms with Crippen molar-refractivity contribution in [2.45, 2.75) is 70.2 Å². The number of likely N-dealkylation sites (N-methyl/N-ethyl adjacent to an activating group) is 1. The second kappa shape index (κ2) is 4.77. The van der Waals surface area contributed by atoms with Crippen molar-refractivity contribution in [2.24, 2.45) is 5.41 Å². The minimum Gasteiger partial charge on any atom is -0.372 e. The van der Waals surface area contributed by atoms with Gasteiger partial charge in [-0.3, -0.25) is 4.90 Å². The summed E-state index contributed by atoms with van der Waals surface area (Å²) in [5.41, 5.74) is 0.509. The summed E-state index contributed by atoms with van der Waals surface area (Å²) in [6.45, 7) is 7.19. The zero-order chi connectivity index (χ0) is 12.8. The number of fused-ring (bicyclic) bond motifs is 2. The SMILES string of the molecule is CNC1CCC(C)(C)CC1N1CC2CCC(C1)O2. The number of likely N-dealkylation sites (tertiary alicyclic amines) is 1. The van der Waals surface area contributed by atoms with Gasteiger partial charge in [-0.2, -0.15) is 0 Å². The van der Waals surface area contributed by atoms with Crippen molar-refractivity contribution >= 4 is 0 Å². The van der Waals surface area contributed by atoms with Gasteiger partial charge < -0.3 is 10.1 Å². The largest absolute Gasteiger partial charge is 0.372 e. The molecule has 0 aromatic heterocycles. The number of nitrogens with zero attached hydrogens (tertiary/aromatic N) is 1. The van der Waals surface area contributed by atoms with Crippen molar-refractivity contribution in [1.82, 2.24) is 10.2 Å². The smallest absolute Gasteiger partial charge is 0.0707 e. The molecule has 0 amide bonds. The number of hydrogen-bond acceptors (Lipinski definition) is 3. The molecule has 18 heavy (non-hydrogen) atoms. The van der Waals surface area contributed by atoms with Gasteiger partial charge in [-0.15, -0.1) is 0 Å². The van der Waals surface area contributed by atoms with Crippen molar-refractivity contribution in [3.63, 3.8) is 0 Å². The molecule has 104 valence electrons. The summed E-state index contributed by atoms with van der Waals surface area (Å²) in [5, 5.41) is 3.56. The van der Waals surface area contributed by atoms with Gasteiger partial charge in [0.25, 0.3) is 0 Å². The molecule has 0 aromatic carbocycles. The Kier molecular flexibility index (Phi) is 3.41. The van der Waals surface area contributed by atoms with Crippen LogP contribution in [0.5, 0.6) is 0 Å². The summed E-state index contributed by atoms with van der Waals surface area (Å²) in [7, 11) is 2.13. The molecule has 3 fully saturated rings. The Labute approximate surface area is 111 Å². The highest BCUT2D eigenvalue weighted by Crippen LogP contribution is 2.39. The molecule has 3 aliphatic rings. The summed E-state index contributed by atoms with van der Waals surface area (Å²) < 4.78 is 5.98. The first-order chi connectivity index (χ1) is 8.57. The van der Waals surface area contributed by atoms with Gasteiger partial charge in [-0.1, -0.05) is 13.8 Å². The third-order valence-corrected chi connectivity index (χ3v) is 5.27. The highest BCUT2D eigenvalue weighted by atomic mass is 16.5. The first-order valence-corrected chi connectivity index (χ1v) is 7.64. The quantitative estimate of drug-likeness (QED) is 0.814. The van der Waals surface area contributed by atoms with E-state index in [0.717, 1.165) is 13.1 Å². The molecule has 2 saturated heterocycles. The van der Waals surface area contributed by atoms with Crippen molar-refractivity contribution in [3.8, 4) is 0 Å². The average Bonchev–Trinajstić information content (AvgIpc) is 2.67. The van der Waals surface area contributed by atoms with E-state index >= 15 is 0 Å². The number of morpholine rings is 1. The normalized spacial score (nSPS) is 44.2. The molecule has 2 bridgehead atoms. The lowest BCUT2D eigenvalue weighted by Crippen LogP contribution is -2.58. The van der Waals surface area contributed by atoms with Gasteiger partial charge in [0.15, 0.2) is 0 Å². The molecule has 0 aromatic rings. The molecule has 1 aliphatic carbocycles. The molecule has 4 atom stereocenters. The lowest BCUT2D eigenvalue weighted by atomic mass is 9.72. The van der Waals surface area contributed by atoms with Gasteiger partial charge in [0.05, 0.1) is 12.2 Å². The van der Waals surface area contributed by atoms with E-state index in [1.165, 1.54) is 32.1 Å². The molecular formula is C15H28N2O. The van der Waals surface area contributed by atoms with E-state index in [-0.39, 0.29) is 0 Å². The van der Waals surface area contributed by atoms with Gasteiger partial charge >= 0.3 is 0 Å². The van der Waals surface area contributed by atoms with Crippen LogP contribution in [0.3, 0.4) is 0 Å². The lowest BCUT2D eigenvalue weighted by molar-refractivity contribution is -0.0699. The van der Waals surface area contributed by atoms with Crippen LogP contribution >= 0.6 is 0 Å². The Hall–Kier alpha value is -0.120. The molecule has 3 heteroatoms. The van der Waals surface area contributed by atoms with Gasteiger partial charge in [0.1, 0.15) is 0 Å². The highest BCUT2D eigenvalue weighted by molar-refractivity contribution is 4.97. The summed E-state index contributed by atoms with van der Waals surface area (Å²) in [5.74, 6) is 0. The second-order valence-electron chi connectivity index (χ2n) is 7.28. The predicted molar refractivity (Wildman–Crippen MR) is 73.7 cm³/mol. The van der Waals surface area contributed by atoms with Gasteiger partial charge in [0, 0.05) is 25.2 Å². The Morgan fingerprint density at radius 2 is 1.78 bits per heavy atom. The zero-order valence-electron chi connectivity index (χ0n) is 12.1. The first kappa shape index (κ1) is 12.9. The fraction of sp³-hybridized carbons (Fsp3) is 1.00. The topological polar surface area (TPSA) is 24.5 Å². The molecule has 3 nitrogen and oxygen atoms in total. The molecule has 4 unspecified atom stereocenters. The van der Waals surface area contributed by atoms with E-state index in [4.69, 9.17) is 4.74 Å². The first-order valence-electron chi connectivity index (χ1n) is 7.64. The van der Waals surface area contributed by atoms with Crippen molar-refractivity contribution < 1.29 is 4.74 Å². The van der Waals surface area contributed by atoms with Crippen LogP contribution in [0.4, 0.5) is 0 Å². The number of nitrogens with one attached hydrogen (secondary N) is 1. The Balaban J connectivity index is 1.71. The number of rotatable bonds is 2. The van der Waals surface area contributed by atoms with E-state index in [1.54, 1.807) is 0 Å². The van der Waals surface area contributed by atoms with Crippen LogP contribution in [-0.4, -0.2) is 49.3 Å². The van der Waals surface area contributed by atoms with Crippen LogP contribution in [0.25, 0.3) is 0 Å². The van der Waals surface area contributed by atoms with Gasteiger partial charge in [-0.05, 0) is 44.6 Å². The molecule has 3 rings (SSSR count). The molecule has 2 aliphatic heterocycles. The van der Waals surface area contributed by atoms with Crippen LogP contribution in [0.15, 0.2) is 0 Å². The maximum atomic E-state index is 5.98. The van der Waals surface area contributed by atoms with Crippen LogP contribution in [0.1, 0.15) is 46.0 Å². The zero-order valence-corrected chi connectivity index (χ0v) is 12.1. The predicted octanol–water partition coefficient (Wildman–Crippen LogP) is 2.02. The minimum absolute atomic E-state index is 0.509. The minimum atomic E-state index is 0.509. The Morgan fingerprint density at radius 1 is 1.11 bits per heavy atom. The highest BCUT2D eigenvalue weighted by Gasteiger charge is 2.42. The van der Waals surface area contributed by atoms with E-state index in [0.29, 0.717) is 29.7 Å². The third kappa shape index (κ3) is 2.45. The maximum absolute atomic E-state index is 5.98. The lowest BCUT2D eigenvalue weighted by Gasteiger charge is -2.48. The molecule has 1 saturated carbocycles. The monoisotopic (exact) mass is 252 g/mol. The number of hydrogen-bond donors (Lipinski definition) is 1. The van der Waals surface area contributed by atoms with Crippen molar-refractivity contribution in [1.29, 1.82) is 0 Å². The fourth-order valence-electron chi connectivity index (χ4n) is 4.19. The maximum Gasteiger partial charge on any atom is 0.0707 e. The number of ether oxygens (including phenoxy) is 1. The van der Waals surface area contributed by atoms with Gasteiger partial charge in [0.2, 0.25) is 0 Å². The third-order valence-electron chi connectivity index (χ3n) is 5.27. The Morgan fingerprint density at radius 3 is 2.39 bits per heavy atom. The fourth-order valence-corrected chi connectivity index (χ4v) is 4.19. The van der Waals surface area contributed by atoms with E-state index in [9.17, 15) is 0 Å². The van der Waals surface area contributed by atoms with E-state index in [1.807, 2.05) is 0 Å². The van der Waals surface area contributed by atoms with Crippen LogP contribution in [0, 0.1) is 5.41 Å². The molecular weight excluding hydrogens is 224 g/mol. The van der Waals surface area contributed by atoms with E-state index in [2.05, 4.69) is 31.1 Å². The summed E-state index contributed by atoms with van der Waals surface area (Å²) in [4.78, 5) is 2.73. The molecule has 2 heterocycles. The second-order valence-corrected chi connectivity index (χ2v) is 7.28. The molecule has 0 spiro atoms. The van der Waals surface area contributed by atoms with Crippen molar-refractivity contribution in [2.75, 3.05) is 20.1 Å². The summed E-state index contributed by atoms with van der Waals surface area (Å²) >= 11 is 0. The summed E-state index contributed by atoms with van der Waals surface area (Å²) in [6.07, 6.45) is 7.60. The standard InChI is InChI=1S/C15H28N2O/c1-15(2)7-6-13(16-3)14(8-15)17-9-11-4-5-12(10-17)18-11/h11-14,16H,4-10H2,1-3H3. The van der Waals surface area contributed by atoms with Crippen LogP contribution < -0.4 is 5.32 Å². The average molecular weight is 252 g/mol. The Bertz CT molecular complexity index is 293. The van der Waals surface area contributed by atoms with Crippen LogP contribution in [-0.2, 0) is 4.74 Å². The summed E-state index contributed by atoms with van der Waals surface area (Å²) in [6, 6.07) is 1.39. The van der Waals surface area contributed by atoms with E-state index < -0.39 is 0 Å². The van der Waals surface area contributed by atoms with Crippen LogP contribution in [0.2, 0.25) is 0 Å². The van der Waals surface area contributed by atoms with Crippen molar-refractivity contribution in [3.05, 3.63) is 0 Å². The molecule has 1 N–H and O–H groups in total. The molecule has 0 radical (unpaired) electrons. The van der Waals surface area contributed by atoms with Gasteiger partial charge in [-0.25, -0.2) is 0 Å².